The molecule has 0 spiro atoms. The maximum Gasteiger partial charge on any atom is -0.00235 e. The van der Waals surface area contributed by atoms with E-state index in [-0.39, 0.29) is 0 Å². The summed E-state index contributed by atoms with van der Waals surface area (Å²) in [6, 6.07) is 17.9. The van der Waals surface area contributed by atoms with Gasteiger partial charge in [-0.25, -0.2) is 0 Å². The van der Waals surface area contributed by atoms with Crippen LogP contribution in [0.3, 0.4) is 0 Å². The van der Waals surface area contributed by atoms with Gasteiger partial charge in [-0.3, -0.25) is 0 Å². The molecular formula is C18H14. The van der Waals surface area contributed by atoms with Crippen molar-refractivity contribution in [2.75, 3.05) is 0 Å². The Kier molecular flexibility index (Phi) is 1.78. The summed E-state index contributed by atoms with van der Waals surface area (Å²) in [5.74, 6) is 0. The van der Waals surface area contributed by atoms with Crippen molar-refractivity contribution in [3.8, 4) is 22.3 Å². The van der Waals surface area contributed by atoms with Gasteiger partial charge in [0.2, 0.25) is 0 Å². The highest BCUT2D eigenvalue weighted by atomic mass is 14.2. The number of hydrogen-bond donors (Lipinski definition) is 0. The minimum atomic E-state index is 1.34. The van der Waals surface area contributed by atoms with Crippen LogP contribution in [0.25, 0.3) is 33.0 Å². The highest BCUT2D eigenvalue weighted by Gasteiger charge is 2.21. The Labute approximate surface area is 107 Å². The zero-order chi connectivity index (χ0) is 12.3. The van der Waals surface area contributed by atoms with Gasteiger partial charge in [0.1, 0.15) is 0 Å². The molecule has 4 rings (SSSR count). The van der Waals surface area contributed by atoms with Crippen molar-refractivity contribution in [3.05, 3.63) is 59.7 Å². The van der Waals surface area contributed by atoms with E-state index in [0.717, 1.165) is 0 Å². The van der Waals surface area contributed by atoms with Crippen LogP contribution in [0.1, 0.15) is 11.1 Å². The van der Waals surface area contributed by atoms with Gasteiger partial charge in [0.15, 0.2) is 0 Å². The summed E-state index contributed by atoms with van der Waals surface area (Å²) in [4.78, 5) is 0. The monoisotopic (exact) mass is 230 g/mol. The normalized spacial score (nSPS) is 11.9. The molecule has 0 unspecified atom stereocenters. The molecule has 0 atom stereocenters. The van der Waals surface area contributed by atoms with Gasteiger partial charge in [-0.2, -0.15) is 0 Å². The van der Waals surface area contributed by atoms with Crippen molar-refractivity contribution in [3.63, 3.8) is 0 Å². The molecule has 0 N–H and O–H groups in total. The predicted molar refractivity (Wildman–Crippen MR) is 77.9 cm³/mol. The first-order valence-corrected chi connectivity index (χ1v) is 6.39. The maximum atomic E-state index is 2.32. The third-order valence-electron chi connectivity index (χ3n) is 3.98. The molecule has 0 bridgehead atoms. The average molecular weight is 230 g/mol. The molecule has 0 aliphatic heterocycles. The molecule has 0 amide bonds. The average Bonchev–Trinajstić information content (AvgIpc) is 2.69. The fourth-order valence-electron chi connectivity index (χ4n) is 3.16. The lowest BCUT2D eigenvalue weighted by Gasteiger charge is -2.07. The van der Waals surface area contributed by atoms with Gasteiger partial charge in [0.05, 0.1) is 0 Å². The smallest absolute Gasteiger partial charge is 0.00235 e. The molecule has 0 heterocycles. The fraction of sp³-hybridized carbons (Fsp3) is 0.111. The van der Waals surface area contributed by atoms with Gasteiger partial charge in [-0.05, 0) is 58.0 Å². The van der Waals surface area contributed by atoms with E-state index in [0.29, 0.717) is 0 Å². The summed E-state index contributed by atoms with van der Waals surface area (Å²) in [5.41, 5.74) is 8.26. The Morgan fingerprint density at radius 3 is 2.17 bits per heavy atom. The minimum absolute atomic E-state index is 1.34. The lowest BCUT2D eigenvalue weighted by atomic mass is 9.97. The SMILES string of the molecule is Cc1cc2c3c(ccc(C)c3c1)-c1ccccc1-2. The molecule has 1 aliphatic rings. The zero-order valence-electron chi connectivity index (χ0n) is 10.6. The van der Waals surface area contributed by atoms with Crippen molar-refractivity contribution in [2.24, 2.45) is 0 Å². The lowest BCUT2D eigenvalue weighted by Crippen LogP contribution is -1.82. The van der Waals surface area contributed by atoms with Crippen LogP contribution in [0.2, 0.25) is 0 Å². The number of rotatable bonds is 0. The molecule has 86 valence electrons. The summed E-state index contributed by atoms with van der Waals surface area (Å²) in [6.07, 6.45) is 0. The molecule has 0 aromatic heterocycles. The van der Waals surface area contributed by atoms with Crippen molar-refractivity contribution >= 4 is 10.8 Å². The molecule has 1 aliphatic carbocycles. The standard InChI is InChI=1S/C18H14/c1-11-9-16-12(2)7-8-15-13-5-3-4-6-14(13)17(10-11)18(15)16/h3-10H,1-2H3. The van der Waals surface area contributed by atoms with Crippen LogP contribution >= 0.6 is 0 Å². The summed E-state index contributed by atoms with van der Waals surface area (Å²) in [5, 5.41) is 2.83. The van der Waals surface area contributed by atoms with Crippen molar-refractivity contribution < 1.29 is 0 Å². The molecular weight excluding hydrogens is 216 g/mol. The molecule has 3 aromatic rings. The Balaban J connectivity index is 2.30. The van der Waals surface area contributed by atoms with Gasteiger partial charge in [0, 0.05) is 0 Å². The highest BCUT2D eigenvalue weighted by Crippen LogP contribution is 2.47. The fourth-order valence-corrected chi connectivity index (χ4v) is 3.16. The third kappa shape index (κ3) is 1.10. The maximum absolute atomic E-state index is 2.32. The van der Waals surface area contributed by atoms with Crippen LogP contribution in [-0.2, 0) is 0 Å². The molecule has 0 saturated carbocycles. The summed E-state index contributed by atoms with van der Waals surface area (Å²) >= 11 is 0. The molecule has 0 nitrogen and oxygen atoms in total. The van der Waals surface area contributed by atoms with E-state index in [9.17, 15) is 0 Å². The minimum Gasteiger partial charge on any atom is -0.0616 e. The van der Waals surface area contributed by atoms with E-state index < -0.39 is 0 Å². The van der Waals surface area contributed by atoms with Gasteiger partial charge in [-0.15, -0.1) is 0 Å². The first-order valence-electron chi connectivity index (χ1n) is 6.39. The van der Waals surface area contributed by atoms with Crippen molar-refractivity contribution in [1.29, 1.82) is 0 Å². The molecule has 3 aromatic carbocycles. The Morgan fingerprint density at radius 1 is 0.667 bits per heavy atom. The van der Waals surface area contributed by atoms with Crippen LogP contribution in [0, 0.1) is 13.8 Å². The second-order valence-corrected chi connectivity index (χ2v) is 5.21. The van der Waals surface area contributed by atoms with Crippen LogP contribution in [0.15, 0.2) is 48.5 Å². The Hall–Kier alpha value is -2.08. The molecule has 0 saturated heterocycles. The largest absolute Gasteiger partial charge is 0.0616 e. The molecule has 0 heteroatoms. The number of aryl methyl sites for hydroxylation is 2. The summed E-state index contributed by atoms with van der Waals surface area (Å²) in [6.45, 7) is 4.38. The van der Waals surface area contributed by atoms with Crippen molar-refractivity contribution in [1.82, 2.24) is 0 Å². The lowest BCUT2D eigenvalue weighted by molar-refractivity contribution is 1.48. The van der Waals surface area contributed by atoms with Crippen LogP contribution < -0.4 is 0 Å². The van der Waals surface area contributed by atoms with E-state index in [1.54, 1.807) is 0 Å². The first kappa shape index (κ1) is 9.90. The number of fused-ring (bicyclic) bond motifs is 3. The summed E-state index contributed by atoms with van der Waals surface area (Å²) in [7, 11) is 0. The van der Waals surface area contributed by atoms with E-state index in [1.807, 2.05) is 0 Å². The number of hydrogen-bond acceptors (Lipinski definition) is 0. The predicted octanol–water partition coefficient (Wildman–Crippen LogP) is 5.10. The molecule has 0 fully saturated rings. The first-order chi connectivity index (χ1) is 8.75. The van der Waals surface area contributed by atoms with Crippen LogP contribution in [0.4, 0.5) is 0 Å². The van der Waals surface area contributed by atoms with E-state index >= 15 is 0 Å². The Bertz CT molecular complexity index is 794. The van der Waals surface area contributed by atoms with Crippen LogP contribution in [-0.4, -0.2) is 0 Å². The molecule has 18 heavy (non-hydrogen) atoms. The number of benzene rings is 3. The van der Waals surface area contributed by atoms with Crippen LogP contribution in [0.5, 0.6) is 0 Å². The molecule has 0 radical (unpaired) electrons. The van der Waals surface area contributed by atoms with Crippen molar-refractivity contribution in [2.45, 2.75) is 13.8 Å². The zero-order valence-corrected chi connectivity index (χ0v) is 10.6. The van der Waals surface area contributed by atoms with Gasteiger partial charge in [-0.1, -0.05) is 48.5 Å². The highest BCUT2D eigenvalue weighted by molar-refractivity contribution is 6.16. The Morgan fingerprint density at radius 2 is 1.39 bits per heavy atom. The quantitative estimate of drug-likeness (QED) is 0.394. The van der Waals surface area contributed by atoms with E-state index in [2.05, 4.69) is 62.4 Å². The van der Waals surface area contributed by atoms with Gasteiger partial charge in [0.25, 0.3) is 0 Å². The second kappa shape index (κ2) is 3.23. The van der Waals surface area contributed by atoms with Gasteiger partial charge < -0.3 is 0 Å². The van der Waals surface area contributed by atoms with E-state index in [4.69, 9.17) is 0 Å². The van der Waals surface area contributed by atoms with Gasteiger partial charge >= 0.3 is 0 Å². The second-order valence-electron chi connectivity index (χ2n) is 5.21. The summed E-state index contributed by atoms with van der Waals surface area (Å²) < 4.78 is 0. The van der Waals surface area contributed by atoms with E-state index in [1.165, 1.54) is 44.2 Å². The third-order valence-corrected chi connectivity index (χ3v) is 3.98. The topological polar surface area (TPSA) is 0 Å².